The standard InChI is InChI=1S/C12H17NO4/c1-8(14)4-3-7-13-12(17)11-9(15)5-2-6-10(11)16/h2,5-6,8,14-16H,3-4,7H2,1H3,(H,13,17). The molecule has 0 heterocycles. The lowest BCUT2D eigenvalue weighted by Gasteiger charge is -2.08. The van der Waals surface area contributed by atoms with Crippen LogP contribution in [0.25, 0.3) is 0 Å². The van der Waals surface area contributed by atoms with E-state index in [2.05, 4.69) is 5.32 Å². The van der Waals surface area contributed by atoms with E-state index in [1.807, 2.05) is 0 Å². The Hall–Kier alpha value is -1.75. The lowest BCUT2D eigenvalue weighted by molar-refractivity contribution is 0.0944. The summed E-state index contributed by atoms with van der Waals surface area (Å²) in [5, 5.41) is 30.5. The van der Waals surface area contributed by atoms with Crippen LogP contribution < -0.4 is 5.32 Å². The SMILES string of the molecule is CC(O)CCCNC(=O)c1c(O)cccc1O. The number of carbonyl (C=O) groups is 1. The molecule has 0 aromatic heterocycles. The minimum absolute atomic E-state index is 0.121. The van der Waals surface area contributed by atoms with Crippen molar-refractivity contribution in [3.05, 3.63) is 23.8 Å². The highest BCUT2D eigenvalue weighted by molar-refractivity contribution is 5.99. The van der Waals surface area contributed by atoms with Crippen LogP contribution in [-0.2, 0) is 0 Å². The summed E-state index contributed by atoms with van der Waals surface area (Å²) in [5.41, 5.74) is -0.121. The zero-order chi connectivity index (χ0) is 12.8. The quantitative estimate of drug-likeness (QED) is 0.577. The van der Waals surface area contributed by atoms with Crippen LogP contribution in [0.15, 0.2) is 18.2 Å². The van der Waals surface area contributed by atoms with Crippen molar-refractivity contribution in [1.82, 2.24) is 5.32 Å². The predicted molar refractivity (Wildman–Crippen MR) is 63.0 cm³/mol. The van der Waals surface area contributed by atoms with Crippen LogP contribution in [0.2, 0.25) is 0 Å². The third-order valence-corrected chi connectivity index (χ3v) is 2.33. The molecule has 1 aromatic rings. The van der Waals surface area contributed by atoms with Crippen molar-refractivity contribution < 1.29 is 20.1 Å². The van der Waals surface area contributed by atoms with E-state index >= 15 is 0 Å². The second kappa shape index (κ2) is 6.10. The van der Waals surface area contributed by atoms with Gasteiger partial charge in [0.15, 0.2) is 0 Å². The zero-order valence-corrected chi connectivity index (χ0v) is 9.68. The molecule has 1 unspecified atom stereocenters. The molecule has 0 fully saturated rings. The molecule has 1 atom stereocenters. The first-order chi connectivity index (χ1) is 8.02. The van der Waals surface area contributed by atoms with Gasteiger partial charge in [0.1, 0.15) is 17.1 Å². The molecule has 17 heavy (non-hydrogen) atoms. The lowest BCUT2D eigenvalue weighted by atomic mass is 10.1. The number of amides is 1. The van der Waals surface area contributed by atoms with E-state index in [0.717, 1.165) is 0 Å². The Balaban J connectivity index is 2.53. The first kappa shape index (κ1) is 13.3. The van der Waals surface area contributed by atoms with E-state index in [1.165, 1.54) is 18.2 Å². The average molecular weight is 239 g/mol. The Kier molecular flexibility index (Phi) is 4.78. The number of phenols is 2. The van der Waals surface area contributed by atoms with Gasteiger partial charge in [0.05, 0.1) is 6.10 Å². The fraction of sp³-hybridized carbons (Fsp3) is 0.417. The van der Waals surface area contributed by atoms with Crippen molar-refractivity contribution in [2.24, 2.45) is 0 Å². The van der Waals surface area contributed by atoms with Crippen LogP contribution in [-0.4, -0.2) is 33.9 Å². The van der Waals surface area contributed by atoms with Crippen LogP contribution in [0.3, 0.4) is 0 Å². The molecule has 1 aromatic carbocycles. The van der Waals surface area contributed by atoms with Crippen molar-refractivity contribution in [1.29, 1.82) is 0 Å². The summed E-state index contributed by atoms with van der Waals surface area (Å²) in [6, 6.07) is 4.13. The summed E-state index contributed by atoms with van der Waals surface area (Å²) >= 11 is 0. The van der Waals surface area contributed by atoms with Crippen molar-refractivity contribution in [3.8, 4) is 11.5 Å². The Morgan fingerprint density at radius 3 is 2.47 bits per heavy atom. The number of carbonyl (C=O) groups excluding carboxylic acids is 1. The van der Waals surface area contributed by atoms with Crippen LogP contribution in [0.5, 0.6) is 11.5 Å². The molecule has 0 spiro atoms. The van der Waals surface area contributed by atoms with E-state index in [-0.39, 0.29) is 17.1 Å². The van der Waals surface area contributed by atoms with Gasteiger partial charge in [-0.3, -0.25) is 4.79 Å². The molecule has 0 saturated carbocycles. The summed E-state index contributed by atoms with van der Waals surface area (Å²) < 4.78 is 0. The highest BCUT2D eigenvalue weighted by atomic mass is 16.3. The molecule has 1 amide bonds. The van der Waals surface area contributed by atoms with Crippen LogP contribution in [0, 0.1) is 0 Å². The number of rotatable bonds is 5. The molecule has 0 aliphatic heterocycles. The number of nitrogens with one attached hydrogen (secondary N) is 1. The molecular formula is C12H17NO4. The highest BCUT2D eigenvalue weighted by Crippen LogP contribution is 2.25. The summed E-state index contributed by atoms with van der Waals surface area (Å²) in [6.45, 7) is 2.06. The lowest BCUT2D eigenvalue weighted by Crippen LogP contribution is -2.25. The molecule has 4 N–H and O–H groups in total. The van der Waals surface area contributed by atoms with E-state index in [0.29, 0.717) is 19.4 Å². The van der Waals surface area contributed by atoms with E-state index in [9.17, 15) is 15.0 Å². The monoisotopic (exact) mass is 239 g/mol. The number of hydrogen-bond acceptors (Lipinski definition) is 4. The number of hydrogen-bond donors (Lipinski definition) is 4. The summed E-state index contributed by atoms with van der Waals surface area (Å²) in [4.78, 5) is 11.6. The zero-order valence-electron chi connectivity index (χ0n) is 9.68. The molecule has 0 radical (unpaired) electrons. The predicted octanol–water partition coefficient (Wildman–Crippen LogP) is 0.989. The Morgan fingerprint density at radius 2 is 1.94 bits per heavy atom. The van der Waals surface area contributed by atoms with Gasteiger partial charge in [0.2, 0.25) is 0 Å². The van der Waals surface area contributed by atoms with Crippen molar-refractivity contribution in [2.75, 3.05) is 6.54 Å². The summed E-state index contributed by atoms with van der Waals surface area (Å²) in [5.74, 6) is -1.03. The highest BCUT2D eigenvalue weighted by Gasteiger charge is 2.15. The third-order valence-electron chi connectivity index (χ3n) is 2.33. The van der Waals surface area contributed by atoms with Gasteiger partial charge in [-0.25, -0.2) is 0 Å². The maximum absolute atomic E-state index is 11.6. The largest absolute Gasteiger partial charge is 0.507 e. The van der Waals surface area contributed by atoms with Gasteiger partial charge in [-0.05, 0) is 31.9 Å². The smallest absolute Gasteiger partial charge is 0.258 e. The summed E-state index contributed by atoms with van der Waals surface area (Å²) in [7, 11) is 0. The Bertz CT molecular complexity index is 370. The number of aromatic hydroxyl groups is 2. The van der Waals surface area contributed by atoms with E-state index in [1.54, 1.807) is 6.92 Å². The van der Waals surface area contributed by atoms with Gasteiger partial charge in [0.25, 0.3) is 5.91 Å². The molecule has 5 heteroatoms. The second-order valence-corrected chi connectivity index (χ2v) is 3.92. The molecule has 5 nitrogen and oxygen atoms in total. The number of aliphatic hydroxyl groups excluding tert-OH is 1. The fourth-order valence-electron chi connectivity index (χ4n) is 1.45. The minimum atomic E-state index is -0.522. The Labute approximate surface area is 99.7 Å². The van der Waals surface area contributed by atoms with Gasteiger partial charge in [0, 0.05) is 6.54 Å². The fourth-order valence-corrected chi connectivity index (χ4v) is 1.45. The second-order valence-electron chi connectivity index (χ2n) is 3.92. The van der Waals surface area contributed by atoms with E-state index < -0.39 is 12.0 Å². The normalized spacial score (nSPS) is 12.1. The van der Waals surface area contributed by atoms with Crippen LogP contribution >= 0.6 is 0 Å². The number of phenolic OH excluding ortho intramolecular Hbond substituents is 2. The molecule has 0 aliphatic rings. The third kappa shape index (κ3) is 3.96. The molecule has 94 valence electrons. The number of benzene rings is 1. The Morgan fingerprint density at radius 1 is 1.35 bits per heavy atom. The molecule has 0 saturated heterocycles. The van der Waals surface area contributed by atoms with Gasteiger partial charge in [-0.1, -0.05) is 6.07 Å². The van der Waals surface area contributed by atoms with Gasteiger partial charge in [-0.2, -0.15) is 0 Å². The van der Waals surface area contributed by atoms with Crippen molar-refractivity contribution in [2.45, 2.75) is 25.9 Å². The van der Waals surface area contributed by atoms with Gasteiger partial charge < -0.3 is 20.6 Å². The van der Waals surface area contributed by atoms with Crippen LogP contribution in [0.1, 0.15) is 30.1 Å². The molecular weight excluding hydrogens is 222 g/mol. The average Bonchev–Trinajstić information content (AvgIpc) is 2.24. The van der Waals surface area contributed by atoms with Gasteiger partial charge >= 0.3 is 0 Å². The first-order valence-corrected chi connectivity index (χ1v) is 5.49. The van der Waals surface area contributed by atoms with Crippen molar-refractivity contribution >= 4 is 5.91 Å². The molecule has 0 aliphatic carbocycles. The first-order valence-electron chi connectivity index (χ1n) is 5.49. The molecule has 0 bridgehead atoms. The summed E-state index contributed by atoms with van der Waals surface area (Å²) in [6.07, 6.45) is 0.829. The maximum Gasteiger partial charge on any atom is 0.258 e. The van der Waals surface area contributed by atoms with Gasteiger partial charge in [-0.15, -0.1) is 0 Å². The minimum Gasteiger partial charge on any atom is -0.507 e. The number of aliphatic hydroxyl groups is 1. The van der Waals surface area contributed by atoms with Crippen molar-refractivity contribution in [3.63, 3.8) is 0 Å². The van der Waals surface area contributed by atoms with E-state index in [4.69, 9.17) is 5.11 Å². The molecule has 1 rings (SSSR count). The van der Waals surface area contributed by atoms with Crippen LogP contribution in [0.4, 0.5) is 0 Å². The maximum atomic E-state index is 11.6. The topological polar surface area (TPSA) is 89.8 Å².